The van der Waals surface area contributed by atoms with Gasteiger partial charge in [0.25, 0.3) is 5.91 Å². The van der Waals surface area contributed by atoms with Crippen molar-refractivity contribution in [1.29, 1.82) is 0 Å². The molecule has 0 bridgehead atoms. The number of rotatable bonds is 3. The zero-order valence-corrected chi connectivity index (χ0v) is 10.9. The fraction of sp³-hybridized carbons (Fsp3) is 0.154. The lowest BCUT2D eigenvalue weighted by molar-refractivity contribution is -0.135. The minimum Gasteiger partial charge on any atom is -0.497 e. The maximum absolute atomic E-state index is 11.7. The molecule has 1 aliphatic rings. The Balaban J connectivity index is 2.18. The van der Waals surface area contributed by atoms with Gasteiger partial charge in [-0.25, -0.2) is 4.79 Å². The molecule has 1 amide bonds. The molecule has 1 N–H and O–H groups in total. The fourth-order valence-corrected chi connectivity index (χ4v) is 1.46. The first-order valence-corrected chi connectivity index (χ1v) is 5.64. The van der Waals surface area contributed by atoms with E-state index >= 15 is 0 Å². The highest BCUT2D eigenvalue weighted by molar-refractivity contribution is 6.14. The lowest BCUT2D eigenvalue weighted by atomic mass is 10.2. The molecule has 0 aliphatic carbocycles. The molecule has 2 rings (SSSR count). The largest absolute Gasteiger partial charge is 0.497 e. The van der Waals surface area contributed by atoms with Gasteiger partial charge in [0, 0.05) is 5.56 Å². The van der Waals surface area contributed by atoms with E-state index in [9.17, 15) is 9.59 Å². The number of nitrogens with zero attached hydrogens (tertiary/aromatic N) is 1. The van der Waals surface area contributed by atoms with Gasteiger partial charge in [-0.15, -0.1) is 0 Å². The Kier molecular flexibility index (Phi) is 3.99. The third-order valence-corrected chi connectivity index (χ3v) is 2.50. The molecule has 1 heterocycles. The Labute approximate surface area is 114 Å². The van der Waals surface area contributed by atoms with Crippen molar-refractivity contribution in [2.24, 2.45) is 5.16 Å². The van der Waals surface area contributed by atoms with Gasteiger partial charge in [-0.3, -0.25) is 4.79 Å². The predicted molar refractivity (Wildman–Crippen MR) is 68.9 cm³/mol. The average molecular weight is 276 g/mol. The molecule has 0 fully saturated rings. The second-order valence-electron chi connectivity index (χ2n) is 3.75. The monoisotopic (exact) mass is 276 g/mol. The topological polar surface area (TPSA) is 86.2 Å². The van der Waals surface area contributed by atoms with Gasteiger partial charge in [0.1, 0.15) is 5.75 Å². The Bertz CT molecular complexity index is 589. The molecule has 1 aromatic carbocycles. The maximum Gasteiger partial charge on any atom is 0.334 e. The van der Waals surface area contributed by atoms with E-state index in [4.69, 9.17) is 9.57 Å². The molecular formula is C13H12N2O5. The van der Waals surface area contributed by atoms with Crippen molar-refractivity contribution < 1.29 is 23.9 Å². The van der Waals surface area contributed by atoms with Gasteiger partial charge in [0.2, 0.25) is 5.76 Å². The third-order valence-electron chi connectivity index (χ3n) is 2.50. The van der Waals surface area contributed by atoms with Gasteiger partial charge in [0.15, 0.2) is 5.84 Å². The molecule has 0 atom stereocenters. The molecule has 0 saturated carbocycles. The molecular weight excluding hydrogens is 264 g/mol. The summed E-state index contributed by atoms with van der Waals surface area (Å²) in [7, 11) is 2.76. The third kappa shape index (κ3) is 2.94. The summed E-state index contributed by atoms with van der Waals surface area (Å²) in [5.41, 5.74) is 0.649. The van der Waals surface area contributed by atoms with Crippen LogP contribution in [0.2, 0.25) is 0 Å². The van der Waals surface area contributed by atoms with Crippen LogP contribution in [0.3, 0.4) is 0 Å². The van der Waals surface area contributed by atoms with E-state index in [2.05, 4.69) is 15.2 Å². The first kappa shape index (κ1) is 13.6. The van der Waals surface area contributed by atoms with Crippen LogP contribution in [0.4, 0.5) is 0 Å². The van der Waals surface area contributed by atoms with Crippen LogP contribution < -0.4 is 10.1 Å². The number of hydrogen-bond donors (Lipinski definition) is 1. The summed E-state index contributed by atoms with van der Waals surface area (Å²) in [5.74, 6) is -0.563. The minimum atomic E-state index is -0.696. The number of carbonyl (C=O) groups is 2. The van der Waals surface area contributed by atoms with Crippen molar-refractivity contribution in [2.75, 3.05) is 14.2 Å². The van der Waals surface area contributed by atoms with E-state index in [-0.39, 0.29) is 11.6 Å². The van der Waals surface area contributed by atoms with Gasteiger partial charge in [-0.2, -0.15) is 0 Å². The number of oxime groups is 1. The molecule has 1 aliphatic heterocycles. The summed E-state index contributed by atoms with van der Waals surface area (Å²) in [5, 5.41) is 6.26. The summed E-state index contributed by atoms with van der Waals surface area (Å²) < 4.78 is 9.43. The zero-order chi connectivity index (χ0) is 14.5. The average Bonchev–Trinajstić information content (AvgIpc) is 2.49. The van der Waals surface area contributed by atoms with E-state index < -0.39 is 11.9 Å². The Morgan fingerprint density at radius 1 is 1.30 bits per heavy atom. The van der Waals surface area contributed by atoms with E-state index in [0.717, 1.165) is 6.08 Å². The summed E-state index contributed by atoms with van der Waals surface area (Å²) in [4.78, 5) is 27.7. The van der Waals surface area contributed by atoms with E-state index in [1.807, 2.05) is 0 Å². The van der Waals surface area contributed by atoms with Crippen LogP contribution in [-0.2, 0) is 19.2 Å². The summed E-state index contributed by atoms with van der Waals surface area (Å²) in [6.45, 7) is 0. The number of ether oxygens (including phenoxy) is 2. The summed E-state index contributed by atoms with van der Waals surface area (Å²) >= 11 is 0. The van der Waals surface area contributed by atoms with Gasteiger partial charge < -0.3 is 19.6 Å². The molecule has 0 unspecified atom stereocenters. The number of amides is 1. The normalized spacial score (nSPS) is 16.0. The number of amidine groups is 1. The molecule has 0 saturated heterocycles. The van der Waals surface area contributed by atoms with Gasteiger partial charge in [-0.05, 0) is 24.3 Å². The second kappa shape index (κ2) is 5.87. The predicted octanol–water partition coefficient (Wildman–Crippen LogP) is 0.560. The van der Waals surface area contributed by atoms with Crippen molar-refractivity contribution in [1.82, 2.24) is 5.32 Å². The molecule has 0 spiro atoms. The molecule has 7 nitrogen and oxygen atoms in total. The SMILES string of the molecule is COC(=O)/C=C1/ON=C(c2ccc(OC)cc2)NC1=O. The number of hydrogen-bond acceptors (Lipinski definition) is 6. The molecule has 0 aromatic heterocycles. The van der Waals surface area contributed by atoms with Crippen LogP contribution in [0.5, 0.6) is 5.75 Å². The first-order valence-electron chi connectivity index (χ1n) is 5.64. The number of carbonyl (C=O) groups excluding carboxylic acids is 2. The van der Waals surface area contributed by atoms with E-state index in [1.165, 1.54) is 7.11 Å². The van der Waals surface area contributed by atoms with Crippen LogP contribution in [0.25, 0.3) is 0 Å². The van der Waals surface area contributed by atoms with Crippen molar-refractivity contribution in [3.63, 3.8) is 0 Å². The number of benzene rings is 1. The number of methoxy groups -OCH3 is 2. The van der Waals surface area contributed by atoms with Crippen LogP contribution >= 0.6 is 0 Å². The van der Waals surface area contributed by atoms with Crippen molar-refractivity contribution in [3.05, 3.63) is 41.7 Å². The molecule has 104 valence electrons. The first-order chi connectivity index (χ1) is 9.63. The Hall–Kier alpha value is -2.83. The van der Waals surface area contributed by atoms with Crippen molar-refractivity contribution in [3.8, 4) is 5.75 Å². The molecule has 0 radical (unpaired) electrons. The molecule has 20 heavy (non-hydrogen) atoms. The quantitative estimate of drug-likeness (QED) is 0.644. The maximum atomic E-state index is 11.7. The lowest BCUT2D eigenvalue weighted by Crippen LogP contribution is -2.36. The van der Waals surface area contributed by atoms with Crippen LogP contribution in [0.15, 0.2) is 41.3 Å². The standard InChI is InChI=1S/C13H12N2O5/c1-18-9-5-3-8(4-6-9)12-14-13(17)10(20-15-12)7-11(16)19-2/h3-7H,1-2H3,(H,14,15,17)/b10-7+. The number of nitrogens with one attached hydrogen (secondary N) is 1. The van der Waals surface area contributed by atoms with Gasteiger partial charge >= 0.3 is 5.97 Å². The highest BCUT2D eigenvalue weighted by Crippen LogP contribution is 2.14. The smallest absolute Gasteiger partial charge is 0.334 e. The van der Waals surface area contributed by atoms with Crippen LogP contribution in [0, 0.1) is 0 Å². The van der Waals surface area contributed by atoms with Crippen LogP contribution in [0.1, 0.15) is 5.56 Å². The highest BCUT2D eigenvalue weighted by Gasteiger charge is 2.22. The van der Waals surface area contributed by atoms with Crippen molar-refractivity contribution in [2.45, 2.75) is 0 Å². The van der Waals surface area contributed by atoms with Crippen LogP contribution in [-0.4, -0.2) is 31.9 Å². The Morgan fingerprint density at radius 2 is 2.00 bits per heavy atom. The lowest BCUT2D eigenvalue weighted by Gasteiger charge is -2.15. The van der Waals surface area contributed by atoms with E-state index in [0.29, 0.717) is 11.3 Å². The number of esters is 1. The fourth-order valence-electron chi connectivity index (χ4n) is 1.46. The molecule has 1 aromatic rings. The molecule has 7 heteroatoms. The minimum absolute atomic E-state index is 0.228. The summed E-state index contributed by atoms with van der Waals surface area (Å²) in [6, 6.07) is 6.89. The van der Waals surface area contributed by atoms with Gasteiger partial charge in [0.05, 0.1) is 20.3 Å². The second-order valence-corrected chi connectivity index (χ2v) is 3.75. The van der Waals surface area contributed by atoms with Gasteiger partial charge in [-0.1, -0.05) is 5.16 Å². The van der Waals surface area contributed by atoms with Crippen molar-refractivity contribution >= 4 is 17.7 Å². The summed E-state index contributed by atoms with van der Waals surface area (Å²) in [6.07, 6.45) is 0.920. The zero-order valence-electron chi connectivity index (χ0n) is 10.9. The highest BCUT2D eigenvalue weighted by atomic mass is 16.6. The Morgan fingerprint density at radius 3 is 2.55 bits per heavy atom. The van der Waals surface area contributed by atoms with E-state index in [1.54, 1.807) is 31.4 Å².